The van der Waals surface area contributed by atoms with E-state index in [2.05, 4.69) is 10.3 Å². The van der Waals surface area contributed by atoms with Crippen molar-refractivity contribution in [1.29, 1.82) is 0 Å². The average molecular weight is 230 g/mol. The van der Waals surface area contributed by atoms with Crippen LogP contribution in [-0.4, -0.2) is 29.1 Å². The summed E-state index contributed by atoms with van der Waals surface area (Å²) in [5.41, 5.74) is 1.89. The minimum absolute atomic E-state index is 0.453. The van der Waals surface area contributed by atoms with E-state index in [1.807, 2.05) is 30.3 Å². The molecule has 2 rings (SSSR count). The molecule has 0 amide bonds. The number of rotatable bonds is 4. The summed E-state index contributed by atoms with van der Waals surface area (Å²) < 4.78 is 0. The number of pyridine rings is 1. The van der Waals surface area contributed by atoms with Gasteiger partial charge in [0.25, 0.3) is 0 Å². The van der Waals surface area contributed by atoms with E-state index in [1.165, 1.54) is 0 Å². The Balaban J connectivity index is 2.38. The summed E-state index contributed by atoms with van der Waals surface area (Å²) in [6, 6.07) is 9.03. The zero-order valence-corrected chi connectivity index (χ0v) is 9.55. The summed E-state index contributed by atoms with van der Waals surface area (Å²) in [6.45, 7) is 0. The number of carboxylic acids is 1. The van der Waals surface area contributed by atoms with E-state index in [0.29, 0.717) is 6.42 Å². The Morgan fingerprint density at radius 1 is 1.41 bits per heavy atom. The molecule has 1 atom stereocenters. The zero-order valence-electron chi connectivity index (χ0n) is 9.55. The number of aromatic nitrogens is 1. The molecule has 2 aromatic rings. The second-order valence-electron chi connectivity index (χ2n) is 3.87. The minimum Gasteiger partial charge on any atom is -0.480 e. The Labute approximate surface area is 99.3 Å². The normalized spacial score (nSPS) is 12.5. The van der Waals surface area contributed by atoms with E-state index >= 15 is 0 Å². The number of benzene rings is 1. The number of hydrogen-bond donors (Lipinski definition) is 2. The highest BCUT2D eigenvalue weighted by Gasteiger charge is 2.16. The molecule has 1 aromatic carbocycles. The van der Waals surface area contributed by atoms with Gasteiger partial charge in [-0.1, -0.05) is 18.2 Å². The first kappa shape index (κ1) is 11.5. The van der Waals surface area contributed by atoms with Crippen LogP contribution in [0.3, 0.4) is 0 Å². The van der Waals surface area contributed by atoms with Crippen LogP contribution in [0.2, 0.25) is 0 Å². The summed E-state index contributed by atoms with van der Waals surface area (Å²) >= 11 is 0. The lowest BCUT2D eigenvalue weighted by molar-refractivity contribution is -0.139. The van der Waals surface area contributed by atoms with Crippen molar-refractivity contribution in [3.05, 3.63) is 42.1 Å². The third-order valence-corrected chi connectivity index (χ3v) is 2.81. The molecule has 0 fully saturated rings. The van der Waals surface area contributed by atoms with E-state index in [9.17, 15) is 4.79 Å². The number of carbonyl (C=O) groups is 1. The van der Waals surface area contributed by atoms with Gasteiger partial charge in [0.15, 0.2) is 0 Å². The zero-order chi connectivity index (χ0) is 12.3. The van der Waals surface area contributed by atoms with Gasteiger partial charge in [-0.05, 0) is 31.2 Å². The van der Waals surface area contributed by atoms with Gasteiger partial charge in [0, 0.05) is 11.6 Å². The lowest BCUT2D eigenvalue weighted by Gasteiger charge is -2.12. The highest BCUT2D eigenvalue weighted by Crippen LogP contribution is 2.17. The topological polar surface area (TPSA) is 62.2 Å². The smallest absolute Gasteiger partial charge is 0.321 e. The maximum absolute atomic E-state index is 11.0. The molecule has 0 spiro atoms. The van der Waals surface area contributed by atoms with Crippen LogP contribution < -0.4 is 5.32 Å². The number of nitrogens with zero attached hydrogens (tertiary/aromatic N) is 1. The van der Waals surface area contributed by atoms with Gasteiger partial charge in [-0.15, -0.1) is 0 Å². The first-order chi connectivity index (χ1) is 8.22. The molecule has 0 aliphatic carbocycles. The van der Waals surface area contributed by atoms with Gasteiger partial charge < -0.3 is 10.4 Å². The molecule has 2 N–H and O–H groups in total. The van der Waals surface area contributed by atoms with Crippen molar-refractivity contribution in [2.24, 2.45) is 0 Å². The van der Waals surface area contributed by atoms with Crippen LogP contribution in [0, 0.1) is 0 Å². The quantitative estimate of drug-likeness (QED) is 0.834. The second-order valence-corrected chi connectivity index (χ2v) is 3.87. The highest BCUT2D eigenvalue weighted by atomic mass is 16.4. The first-order valence-corrected chi connectivity index (χ1v) is 5.45. The second kappa shape index (κ2) is 4.93. The average Bonchev–Trinajstić information content (AvgIpc) is 2.35. The summed E-state index contributed by atoms with van der Waals surface area (Å²) in [4.78, 5) is 15.2. The molecule has 17 heavy (non-hydrogen) atoms. The molecule has 0 aliphatic heterocycles. The molecule has 4 heteroatoms. The van der Waals surface area contributed by atoms with Gasteiger partial charge in [0.2, 0.25) is 0 Å². The lowest BCUT2D eigenvalue weighted by Crippen LogP contribution is -2.35. The molecule has 0 radical (unpaired) electrons. The van der Waals surface area contributed by atoms with Gasteiger partial charge in [-0.3, -0.25) is 9.78 Å². The molecule has 0 bridgehead atoms. The van der Waals surface area contributed by atoms with Crippen molar-refractivity contribution in [3.8, 4) is 0 Å². The van der Waals surface area contributed by atoms with Gasteiger partial charge >= 0.3 is 5.97 Å². The molecule has 1 unspecified atom stereocenters. The van der Waals surface area contributed by atoms with Gasteiger partial charge in [0.1, 0.15) is 6.04 Å². The largest absolute Gasteiger partial charge is 0.480 e. The summed E-state index contributed by atoms with van der Waals surface area (Å²) in [5, 5.41) is 12.8. The predicted molar refractivity (Wildman–Crippen MR) is 65.9 cm³/mol. The molecular weight excluding hydrogens is 216 g/mol. The number of fused-ring (bicyclic) bond motifs is 1. The molecule has 1 heterocycles. The van der Waals surface area contributed by atoms with Crippen LogP contribution in [0.15, 0.2) is 36.5 Å². The predicted octanol–water partition coefficient (Wildman–Crippen LogP) is 1.45. The highest BCUT2D eigenvalue weighted by molar-refractivity contribution is 5.83. The van der Waals surface area contributed by atoms with E-state index < -0.39 is 12.0 Å². The maximum atomic E-state index is 11.0. The first-order valence-electron chi connectivity index (χ1n) is 5.45. The van der Waals surface area contributed by atoms with Gasteiger partial charge in [-0.25, -0.2) is 0 Å². The van der Waals surface area contributed by atoms with Gasteiger partial charge in [-0.2, -0.15) is 0 Å². The Bertz CT molecular complexity index is 534. The van der Waals surface area contributed by atoms with Crippen LogP contribution in [0.5, 0.6) is 0 Å². The number of nitrogens with one attached hydrogen (secondary N) is 1. The standard InChI is InChI=1S/C13H14N2O2/c1-14-12(13(16)17)8-9-4-2-6-11-10(9)5-3-7-15-11/h2-7,12,14H,8H2,1H3,(H,16,17). The van der Waals surface area contributed by atoms with Gasteiger partial charge in [0.05, 0.1) is 5.52 Å². The SMILES string of the molecule is CNC(Cc1cccc2ncccc12)C(=O)O. The van der Waals surface area contributed by atoms with Crippen LogP contribution in [-0.2, 0) is 11.2 Å². The van der Waals surface area contributed by atoms with E-state index in [4.69, 9.17) is 5.11 Å². The molecule has 0 saturated carbocycles. The number of likely N-dealkylation sites (N-methyl/N-ethyl adjacent to an activating group) is 1. The van der Waals surface area contributed by atoms with Crippen molar-refractivity contribution in [2.75, 3.05) is 7.05 Å². The Kier molecular flexibility index (Phi) is 3.35. The van der Waals surface area contributed by atoms with Crippen molar-refractivity contribution in [1.82, 2.24) is 10.3 Å². The van der Waals surface area contributed by atoms with E-state index in [0.717, 1.165) is 16.5 Å². The minimum atomic E-state index is -0.839. The summed E-state index contributed by atoms with van der Waals surface area (Å²) in [7, 11) is 1.65. The summed E-state index contributed by atoms with van der Waals surface area (Å²) in [5.74, 6) is -0.839. The fourth-order valence-corrected chi connectivity index (χ4v) is 1.88. The molecule has 0 aliphatic rings. The van der Waals surface area contributed by atoms with Crippen molar-refractivity contribution in [3.63, 3.8) is 0 Å². The number of hydrogen-bond acceptors (Lipinski definition) is 3. The molecule has 0 saturated heterocycles. The van der Waals surface area contributed by atoms with Crippen LogP contribution in [0.1, 0.15) is 5.56 Å². The van der Waals surface area contributed by atoms with Crippen molar-refractivity contribution in [2.45, 2.75) is 12.5 Å². The maximum Gasteiger partial charge on any atom is 0.321 e. The molecule has 88 valence electrons. The molecular formula is C13H14N2O2. The number of aliphatic carboxylic acids is 1. The Morgan fingerprint density at radius 2 is 2.24 bits per heavy atom. The third kappa shape index (κ3) is 2.42. The molecule has 4 nitrogen and oxygen atoms in total. The Morgan fingerprint density at radius 3 is 2.94 bits per heavy atom. The summed E-state index contributed by atoms with van der Waals surface area (Å²) in [6.07, 6.45) is 2.19. The third-order valence-electron chi connectivity index (χ3n) is 2.81. The fraction of sp³-hybridized carbons (Fsp3) is 0.231. The van der Waals surface area contributed by atoms with Crippen LogP contribution >= 0.6 is 0 Å². The molecule has 1 aromatic heterocycles. The van der Waals surface area contributed by atoms with Crippen LogP contribution in [0.25, 0.3) is 10.9 Å². The van der Waals surface area contributed by atoms with Crippen molar-refractivity contribution >= 4 is 16.9 Å². The number of carboxylic acid groups (broad SMARTS) is 1. The monoisotopic (exact) mass is 230 g/mol. The fourth-order valence-electron chi connectivity index (χ4n) is 1.88. The lowest BCUT2D eigenvalue weighted by atomic mass is 10.0. The van der Waals surface area contributed by atoms with Crippen LogP contribution in [0.4, 0.5) is 0 Å². The van der Waals surface area contributed by atoms with E-state index in [-0.39, 0.29) is 0 Å². The van der Waals surface area contributed by atoms with Crippen molar-refractivity contribution < 1.29 is 9.90 Å². The Hall–Kier alpha value is -1.94. The van der Waals surface area contributed by atoms with E-state index in [1.54, 1.807) is 13.2 Å².